The van der Waals surface area contributed by atoms with Gasteiger partial charge in [0, 0.05) is 23.4 Å². The molecule has 1 aliphatic carbocycles. The van der Waals surface area contributed by atoms with E-state index >= 15 is 0 Å². The van der Waals surface area contributed by atoms with E-state index in [1.54, 1.807) is 30.3 Å². The van der Waals surface area contributed by atoms with Gasteiger partial charge < -0.3 is 14.8 Å². The van der Waals surface area contributed by atoms with Gasteiger partial charge in [0.25, 0.3) is 0 Å². The molecule has 0 unspecified atom stereocenters. The third-order valence-corrected chi connectivity index (χ3v) is 5.61. The maximum Gasteiger partial charge on any atom is 0.234 e. The van der Waals surface area contributed by atoms with Crippen LogP contribution >= 0.6 is 11.8 Å². The molecule has 9 heteroatoms. The van der Waals surface area contributed by atoms with Crippen LogP contribution < -0.4 is 14.8 Å². The van der Waals surface area contributed by atoms with E-state index in [2.05, 4.69) is 15.5 Å². The average molecular weight is 412 g/mol. The Balaban J connectivity index is 1.28. The first kappa shape index (κ1) is 18.0. The van der Waals surface area contributed by atoms with Crippen LogP contribution in [0.5, 0.6) is 11.5 Å². The smallest absolute Gasteiger partial charge is 0.234 e. The lowest BCUT2D eigenvalue weighted by atomic mass is 10.2. The topological polar surface area (TPSA) is 78.3 Å². The molecule has 2 aliphatic rings. The maximum absolute atomic E-state index is 13.2. The molecule has 7 nitrogen and oxygen atoms in total. The Kier molecular flexibility index (Phi) is 4.59. The van der Waals surface area contributed by atoms with Crippen molar-refractivity contribution in [2.75, 3.05) is 17.9 Å². The van der Waals surface area contributed by atoms with Gasteiger partial charge in [0.1, 0.15) is 5.82 Å². The largest absolute Gasteiger partial charge is 0.454 e. The van der Waals surface area contributed by atoms with E-state index in [1.807, 2.05) is 4.57 Å². The fourth-order valence-electron chi connectivity index (χ4n) is 3.13. The van der Waals surface area contributed by atoms with E-state index in [1.165, 1.54) is 23.9 Å². The second-order valence-corrected chi connectivity index (χ2v) is 7.76. The van der Waals surface area contributed by atoms with Crippen molar-refractivity contribution >= 4 is 23.4 Å². The van der Waals surface area contributed by atoms with Gasteiger partial charge in [-0.3, -0.25) is 9.36 Å². The molecular weight excluding hydrogens is 395 g/mol. The van der Waals surface area contributed by atoms with Gasteiger partial charge in [0.15, 0.2) is 22.5 Å². The Hall–Kier alpha value is -3.07. The molecule has 3 aromatic rings. The van der Waals surface area contributed by atoms with Crippen molar-refractivity contribution in [1.82, 2.24) is 14.8 Å². The van der Waals surface area contributed by atoms with Crippen LogP contribution in [0.25, 0.3) is 11.4 Å². The number of carbonyl (C=O) groups excluding carboxylic acids is 1. The van der Waals surface area contributed by atoms with Crippen LogP contribution in [0, 0.1) is 5.82 Å². The highest BCUT2D eigenvalue weighted by atomic mass is 32.2. The standard InChI is InChI=1S/C20H17FN4O3S/c21-13-3-1-12(2-4-13)19-23-24-20(25(19)15-6-7-15)29-10-18(26)22-14-5-8-16-17(9-14)28-11-27-16/h1-5,8-9,15H,6-7,10-11H2,(H,22,26). The summed E-state index contributed by atoms with van der Waals surface area (Å²) in [6, 6.07) is 11.8. The summed E-state index contributed by atoms with van der Waals surface area (Å²) in [5.74, 6) is 1.74. The maximum atomic E-state index is 13.2. The molecule has 0 atom stereocenters. The summed E-state index contributed by atoms with van der Waals surface area (Å²) in [6.45, 7) is 0.190. The number of nitrogens with zero attached hydrogens (tertiary/aromatic N) is 3. The normalized spacial score (nSPS) is 14.8. The lowest BCUT2D eigenvalue weighted by molar-refractivity contribution is -0.113. The molecule has 0 spiro atoms. The zero-order chi connectivity index (χ0) is 19.8. The fourth-order valence-corrected chi connectivity index (χ4v) is 3.94. The molecule has 0 bridgehead atoms. The molecule has 2 aromatic carbocycles. The summed E-state index contributed by atoms with van der Waals surface area (Å²) in [5, 5.41) is 12.1. The Morgan fingerprint density at radius 1 is 1.14 bits per heavy atom. The predicted molar refractivity (Wildman–Crippen MR) is 106 cm³/mol. The second kappa shape index (κ2) is 7.40. The third kappa shape index (κ3) is 3.77. The zero-order valence-electron chi connectivity index (χ0n) is 15.3. The quantitative estimate of drug-likeness (QED) is 0.619. The van der Waals surface area contributed by atoms with Crippen molar-refractivity contribution in [3.8, 4) is 22.9 Å². The number of nitrogens with one attached hydrogen (secondary N) is 1. The third-order valence-electron chi connectivity index (χ3n) is 4.67. The van der Waals surface area contributed by atoms with Gasteiger partial charge in [-0.25, -0.2) is 4.39 Å². The Bertz CT molecular complexity index is 1070. The Morgan fingerprint density at radius 3 is 2.72 bits per heavy atom. The first-order valence-electron chi connectivity index (χ1n) is 9.20. The summed E-state index contributed by atoms with van der Waals surface area (Å²) < 4.78 is 25.9. The number of halogens is 1. The van der Waals surface area contributed by atoms with Crippen LogP contribution in [0.1, 0.15) is 18.9 Å². The van der Waals surface area contributed by atoms with Gasteiger partial charge in [-0.05, 0) is 49.2 Å². The molecule has 0 radical (unpaired) electrons. The van der Waals surface area contributed by atoms with Gasteiger partial charge in [-0.15, -0.1) is 10.2 Å². The van der Waals surface area contributed by atoms with Crippen LogP contribution in [0.15, 0.2) is 47.6 Å². The number of hydrogen-bond acceptors (Lipinski definition) is 6. The molecule has 1 N–H and O–H groups in total. The lowest BCUT2D eigenvalue weighted by Crippen LogP contribution is -2.14. The molecule has 148 valence electrons. The molecule has 2 heterocycles. The highest BCUT2D eigenvalue weighted by Crippen LogP contribution is 2.41. The highest BCUT2D eigenvalue weighted by Gasteiger charge is 2.30. The fraction of sp³-hybridized carbons (Fsp3) is 0.250. The molecule has 29 heavy (non-hydrogen) atoms. The summed E-state index contributed by atoms with van der Waals surface area (Å²) in [6.07, 6.45) is 2.09. The minimum absolute atomic E-state index is 0.150. The van der Waals surface area contributed by atoms with Gasteiger partial charge in [-0.1, -0.05) is 11.8 Å². The lowest BCUT2D eigenvalue weighted by Gasteiger charge is -2.09. The van der Waals surface area contributed by atoms with Gasteiger partial charge in [-0.2, -0.15) is 0 Å². The summed E-state index contributed by atoms with van der Waals surface area (Å²) in [5.41, 5.74) is 1.46. The van der Waals surface area contributed by atoms with Crippen LogP contribution in [0.2, 0.25) is 0 Å². The molecule has 1 saturated carbocycles. The number of benzene rings is 2. The summed E-state index contributed by atoms with van der Waals surface area (Å²) in [7, 11) is 0. The van der Waals surface area contributed by atoms with Gasteiger partial charge >= 0.3 is 0 Å². The van der Waals surface area contributed by atoms with E-state index in [0.717, 1.165) is 18.4 Å². The monoisotopic (exact) mass is 412 g/mol. The van der Waals surface area contributed by atoms with E-state index in [-0.39, 0.29) is 24.3 Å². The van der Waals surface area contributed by atoms with Crippen molar-refractivity contribution in [2.24, 2.45) is 0 Å². The highest BCUT2D eigenvalue weighted by molar-refractivity contribution is 7.99. The van der Waals surface area contributed by atoms with E-state index in [0.29, 0.717) is 34.2 Å². The number of carbonyl (C=O) groups is 1. The second-order valence-electron chi connectivity index (χ2n) is 6.82. The van der Waals surface area contributed by atoms with E-state index in [9.17, 15) is 9.18 Å². The summed E-state index contributed by atoms with van der Waals surface area (Å²) in [4.78, 5) is 12.4. The number of ether oxygens (including phenoxy) is 2. The predicted octanol–water partition coefficient (Wildman–Crippen LogP) is 3.88. The number of rotatable bonds is 6. The SMILES string of the molecule is O=C(CSc1nnc(-c2ccc(F)cc2)n1C1CC1)Nc1ccc2c(c1)OCO2. The minimum Gasteiger partial charge on any atom is -0.454 e. The van der Waals surface area contributed by atoms with Crippen molar-refractivity contribution in [3.05, 3.63) is 48.3 Å². The zero-order valence-corrected chi connectivity index (χ0v) is 16.1. The Morgan fingerprint density at radius 2 is 1.93 bits per heavy atom. The number of fused-ring (bicyclic) bond motifs is 1. The number of amides is 1. The number of thioether (sulfide) groups is 1. The van der Waals surface area contributed by atoms with Crippen LogP contribution in [0.4, 0.5) is 10.1 Å². The minimum atomic E-state index is -0.291. The van der Waals surface area contributed by atoms with E-state index in [4.69, 9.17) is 9.47 Å². The van der Waals surface area contributed by atoms with Crippen molar-refractivity contribution < 1.29 is 18.7 Å². The molecule has 1 aromatic heterocycles. The van der Waals surface area contributed by atoms with E-state index < -0.39 is 0 Å². The molecule has 0 saturated heterocycles. The number of anilines is 1. The van der Waals surface area contributed by atoms with Crippen molar-refractivity contribution in [1.29, 1.82) is 0 Å². The molecule has 1 aliphatic heterocycles. The number of hydrogen-bond donors (Lipinski definition) is 1. The molecule has 5 rings (SSSR count). The number of aromatic nitrogens is 3. The first-order valence-corrected chi connectivity index (χ1v) is 10.2. The Labute approximate surface area is 170 Å². The van der Waals surface area contributed by atoms with Gasteiger partial charge in [0.2, 0.25) is 12.7 Å². The molecule has 1 fully saturated rings. The van der Waals surface area contributed by atoms with Crippen molar-refractivity contribution in [2.45, 2.75) is 24.0 Å². The first-order chi connectivity index (χ1) is 14.2. The van der Waals surface area contributed by atoms with Crippen LogP contribution in [-0.4, -0.2) is 33.2 Å². The van der Waals surface area contributed by atoms with Crippen molar-refractivity contribution in [3.63, 3.8) is 0 Å². The molecule has 1 amide bonds. The average Bonchev–Trinajstić information content (AvgIpc) is 3.30. The summed E-state index contributed by atoms with van der Waals surface area (Å²) >= 11 is 1.33. The van der Waals surface area contributed by atoms with Gasteiger partial charge in [0.05, 0.1) is 5.75 Å². The van der Waals surface area contributed by atoms with Crippen LogP contribution in [0.3, 0.4) is 0 Å². The molecular formula is C20H17FN4O3S. The van der Waals surface area contributed by atoms with Crippen LogP contribution in [-0.2, 0) is 4.79 Å².